The topological polar surface area (TPSA) is 26.9 Å². The summed E-state index contributed by atoms with van der Waals surface area (Å²) in [6.07, 6.45) is 0. The predicted molar refractivity (Wildman–Crippen MR) is 69.0 cm³/mol. The standard InChI is InChI=1S/C11H14N2O.C2H6/c1-7-5-8(2)10-9(6-7)12(3)11(14)13(10)4;1-2/h5-6H,1-4H3;1-2H3. The van der Waals surface area contributed by atoms with Gasteiger partial charge in [-0.05, 0) is 31.0 Å². The van der Waals surface area contributed by atoms with Crippen LogP contribution in [0.4, 0.5) is 0 Å². The Labute approximate surface area is 96.3 Å². The zero-order valence-corrected chi connectivity index (χ0v) is 11.0. The summed E-state index contributed by atoms with van der Waals surface area (Å²) in [6.45, 7) is 8.08. The highest BCUT2D eigenvalue weighted by Crippen LogP contribution is 2.18. The van der Waals surface area contributed by atoms with E-state index in [2.05, 4.69) is 6.07 Å². The van der Waals surface area contributed by atoms with E-state index in [0.717, 1.165) is 16.6 Å². The number of hydrogen-bond donors (Lipinski definition) is 0. The summed E-state index contributed by atoms with van der Waals surface area (Å²) in [7, 11) is 3.62. The monoisotopic (exact) mass is 220 g/mol. The van der Waals surface area contributed by atoms with E-state index in [-0.39, 0.29) is 5.69 Å². The second-order valence-electron chi connectivity index (χ2n) is 3.85. The van der Waals surface area contributed by atoms with Crippen molar-refractivity contribution in [2.24, 2.45) is 14.1 Å². The average Bonchev–Trinajstić information content (AvgIpc) is 2.47. The van der Waals surface area contributed by atoms with Crippen LogP contribution in [0.2, 0.25) is 0 Å². The van der Waals surface area contributed by atoms with Gasteiger partial charge >= 0.3 is 5.69 Å². The third-order valence-electron chi connectivity index (χ3n) is 2.70. The average molecular weight is 220 g/mol. The van der Waals surface area contributed by atoms with E-state index in [4.69, 9.17) is 0 Å². The summed E-state index contributed by atoms with van der Waals surface area (Å²) in [5.41, 5.74) is 4.42. The summed E-state index contributed by atoms with van der Waals surface area (Å²) in [6, 6.07) is 4.14. The maximum Gasteiger partial charge on any atom is 0.328 e. The van der Waals surface area contributed by atoms with E-state index in [9.17, 15) is 4.79 Å². The van der Waals surface area contributed by atoms with Crippen LogP contribution in [0.5, 0.6) is 0 Å². The van der Waals surface area contributed by atoms with Crippen molar-refractivity contribution < 1.29 is 0 Å². The lowest BCUT2D eigenvalue weighted by molar-refractivity contribution is 0.794. The van der Waals surface area contributed by atoms with E-state index in [1.807, 2.05) is 47.9 Å². The van der Waals surface area contributed by atoms with Crippen LogP contribution < -0.4 is 5.69 Å². The van der Waals surface area contributed by atoms with Gasteiger partial charge in [-0.2, -0.15) is 0 Å². The minimum absolute atomic E-state index is 0.0358. The van der Waals surface area contributed by atoms with E-state index in [1.165, 1.54) is 5.56 Å². The first-order valence-corrected chi connectivity index (χ1v) is 5.65. The number of imidazole rings is 1. The molecular formula is C13H20N2O. The van der Waals surface area contributed by atoms with Crippen molar-refractivity contribution >= 4 is 11.0 Å². The lowest BCUT2D eigenvalue weighted by atomic mass is 10.1. The molecule has 0 N–H and O–H groups in total. The van der Waals surface area contributed by atoms with Gasteiger partial charge < -0.3 is 0 Å². The van der Waals surface area contributed by atoms with Gasteiger partial charge in [0.25, 0.3) is 0 Å². The molecule has 0 atom stereocenters. The molecule has 3 nitrogen and oxygen atoms in total. The number of rotatable bonds is 0. The first kappa shape index (κ1) is 12.6. The molecule has 0 saturated carbocycles. The molecule has 0 radical (unpaired) electrons. The van der Waals surface area contributed by atoms with Crippen LogP contribution in [0.1, 0.15) is 25.0 Å². The number of fused-ring (bicyclic) bond motifs is 1. The Bertz CT molecular complexity index is 561. The van der Waals surface area contributed by atoms with E-state index < -0.39 is 0 Å². The zero-order valence-electron chi connectivity index (χ0n) is 11.0. The van der Waals surface area contributed by atoms with Crippen LogP contribution in [-0.4, -0.2) is 9.13 Å². The molecule has 2 aromatic rings. The summed E-state index contributed by atoms with van der Waals surface area (Å²) < 4.78 is 3.39. The molecule has 0 saturated heterocycles. The van der Waals surface area contributed by atoms with Crippen molar-refractivity contribution in [3.63, 3.8) is 0 Å². The van der Waals surface area contributed by atoms with Crippen molar-refractivity contribution in [2.45, 2.75) is 27.7 Å². The van der Waals surface area contributed by atoms with Crippen LogP contribution in [0.25, 0.3) is 11.0 Å². The number of nitrogens with zero attached hydrogens (tertiary/aromatic N) is 2. The SMILES string of the molecule is CC.Cc1cc(C)c2c(c1)n(C)c(=O)n2C. The van der Waals surface area contributed by atoms with Gasteiger partial charge in [0.05, 0.1) is 11.0 Å². The molecule has 0 aliphatic rings. The van der Waals surface area contributed by atoms with Gasteiger partial charge in [0.2, 0.25) is 0 Å². The predicted octanol–water partition coefficient (Wildman–Crippen LogP) is 2.52. The molecule has 0 aliphatic heterocycles. The van der Waals surface area contributed by atoms with Gasteiger partial charge in [-0.15, -0.1) is 0 Å². The zero-order chi connectivity index (χ0) is 12.5. The molecule has 16 heavy (non-hydrogen) atoms. The number of aromatic nitrogens is 2. The van der Waals surface area contributed by atoms with Crippen LogP contribution in [0.15, 0.2) is 16.9 Å². The van der Waals surface area contributed by atoms with Crippen molar-refractivity contribution in [1.82, 2.24) is 9.13 Å². The Morgan fingerprint density at radius 2 is 1.56 bits per heavy atom. The van der Waals surface area contributed by atoms with Gasteiger partial charge in [0.1, 0.15) is 0 Å². The Balaban J connectivity index is 0.000000606. The number of aryl methyl sites for hydroxylation is 4. The highest BCUT2D eigenvalue weighted by molar-refractivity contribution is 5.80. The lowest BCUT2D eigenvalue weighted by Crippen LogP contribution is -2.19. The molecule has 0 spiro atoms. The van der Waals surface area contributed by atoms with E-state index >= 15 is 0 Å². The summed E-state index contributed by atoms with van der Waals surface area (Å²) in [5, 5.41) is 0. The second kappa shape index (κ2) is 4.56. The van der Waals surface area contributed by atoms with Gasteiger partial charge in [-0.1, -0.05) is 19.9 Å². The first-order chi connectivity index (χ1) is 7.52. The fourth-order valence-electron chi connectivity index (χ4n) is 2.05. The molecule has 2 rings (SSSR count). The molecule has 1 aromatic heterocycles. The minimum atomic E-state index is 0.0358. The Kier molecular flexibility index (Phi) is 3.58. The summed E-state index contributed by atoms with van der Waals surface area (Å²) in [4.78, 5) is 11.7. The molecule has 3 heteroatoms. The van der Waals surface area contributed by atoms with Crippen LogP contribution in [0.3, 0.4) is 0 Å². The van der Waals surface area contributed by atoms with E-state index in [1.54, 1.807) is 9.13 Å². The Hall–Kier alpha value is -1.51. The molecule has 1 heterocycles. The van der Waals surface area contributed by atoms with Crippen molar-refractivity contribution in [3.05, 3.63) is 33.7 Å². The fraction of sp³-hybridized carbons (Fsp3) is 0.462. The fourth-order valence-corrected chi connectivity index (χ4v) is 2.05. The van der Waals surface area contributed by atoms with Gasteiger partial charge in [0.15, 0.2) is 0 Å². The second-order valence-corrected chi connectivity index (χ2v) is 3.85. The molecule has 0 fully saturated rings. The third-order valence-corrected chi connectivity index (χ3v) is 2.70. The molecular weight excluding hydrogens is 200 g/mol. The van der Waals surface area contributed by atoms with Crippen LogP contribution in [-0.2, 0) is 14.1 Å². The summed E-state index contributed by atoms with van der Waals surface area (Å²) >= 11 is 0. The molecule has 0 amide bonds. The van der Waals surface area contributed by atoms with Crippen molar-refractivity contribution in [1.29, 1.82) is 0 Å². The van der Waals surface area contributed by atoms with Gasteiger partial charge in [-0.3, -0.25) is 9.13 Å². The quantitative estimate of drug-likeness (QED) is 0.670. The molecule has 1 aromatic carbocycles. The Morgan fingerprint density at radius 3 is 2.12 bits per heavy atom. The normalized spacial score (nSPS) is 10.1. The highest BCUT2D eigenvalue weighted by Gasteiger charge is 2.09. The van der Waals surface area contributed by atoms with Crippen LogP contribution in [0, 0.1) is 13.8 Å². The molecule has 88 valence electrons. The highest BCUT2D eigenvalue weighted by atomic mass is 16.1. The summed E-state index contributed by atoms with van der Waals surface area (Å²) in [5.74, 6) is 0. The van der Waals surface area contributed by atoms with E-state index in [0.29, 0.717) is 0 Å². The Morgan fingerprint density at radius 1 is 1.00 bits per heavy atom. The maximum atomic E-state index is 11.7. The number of benzene rings is 1. The van der Waals surface area contributed by atoms with Crippen molar-refractivity contribution in [3.8, 4) is 0 Å². The molecule has 0 bridgehead atoms. The minimum Gasteiger partial charge on any atom is -0.295 e. The smallest absolute Gasteiger partial charge is 0.295 e. The van der Waals surface area contributed by atoms with Gasteiger partial charge in [0, 0.05) is 14.1 Å². The maximum absolute atomic E-state index is 11.7. The van der Waals surface area contributed by atoms with Crippen LogP contribution >= 0.6 is 0 Å². The molecule has 0 unspecified atom stereocenters. The lowest BCUT2D eigenvalue weighted by Gasteiger charge is -2.01. The molecule has 0 aliphatic carbocycles. The third kappa shape index (κ3) is 1.77. The number of hydrogen-bond acceptors (Lipinski definition) is 1. The first-order valence-electron chi connectivity index (χ1n) is 5.65. The van der Waals surface area contributed by atoms with Crippen molar-refractivity contribution in [2.75, 3.05) is 0 Å². The van der Waals surface area contributed by atoms with Gasteiger partial charge in [-0.25, -0.2) is 4.79 Å². The largest absolute Gasteiger partial charge is 0.328 e.